The maximum Gasteiger partial charge on any atom is 0.262 e. The molecule has 8 heteroatoms. The SMILES string of the molecule is CC1CC1NC(=O)c1cc(Cl)c(Br)c(S(=O)(=O)Cl)c1. The second-order valence-electron chi connectivity index (χ2n) is 4.50. The van der Waals surface area contributed by atoms with Crippen LogP contribution in [0.25, 0.3) is 0 Å². The summed E-state index contributed by atoms with van der Waals surface area (Å²) in [7, 11) is 1.33. The molecule has 2 atom stereocenters. The van der Waals surface area contributed by atoms with Gasteiger partial charge in [0.1, 0.15) is 0 Å². The van der Waals surface area contributed by atoms with Gasteiger partial charge < -0.3 is 5.32 Å². The molecule has 0 saturated heterocycles. The van der Waals surface area contributed by atoms with Crippen LogP contribution >= 0.6 is 38.2 Å². The van der Waals surface area contributed by atoms with E-state index < -0.39 is 9.05 Å². The highest BCUT2D eigenvalue weighted by atomic mass is 79.9. The van der Waals surface area contributed by atoms with Crippen LogP contribution in [0.3, 0.4) is 0 Å². The van der Waals surface area contributed by atoms with Crippen molar-refractivity contribution in [3.05, 3.63) is 27.2 Å². The van der Waals surface area contributed by atoms with Gasteiger partial charge in [0.15, 0.2) is 0 Å². The molecule has 4 nitrogen and oxygen atoms in total. The average molecular weight is 387 g/mol. The molecule has 1 aromatic rings. The van der Waals surface area contributed by atoms with Crippen molar-refractivity contribution in [2.75, 3.05) is 0 Å². The Kier molecular flexibility index (Phi) is 4.16. The van der Waals surface area contributed by atoms with Gasteiger partial charge in [-0.3, -0.25) is 4.79 Å². The Morgan fingerprint density at radius 3 is 2.53 bits per heavy atom. The summed E-state index contributed by atoms with van der Waals surface area (Å²) >= 11 is 8.94. The Morgan fingerprint density at radius 2 is 2.05 bits per heavy atom. The predicted octanol–water partition coefficient (Wildman–Crippen LogP) is 3.17. The van der Waals surface area contributed by atoms with Gasteiger partial charge >= 0.3 is 0 Å². The van der Waals surface area contributed by atoms with Gasteiger partial charge in [-0.05, 0) is 40.4 Å². The molecule has 1 saturated carbocycles. The quantitative estimate of drug-likeness (QED) is 0.811. The van der Waals surface area contributed by atoms with E-state index in [1.54, 1.807) is 0 Å². The van der Waals surface area contributed by atoms with Gasteiger partial charge in [0.2, 0.25) is 0 Å². The van der Waals surface area contributed by atoms with Crippen LogP contribution in [0.2, 0.25) is 5.02 Å². The summed E-state index contributed by atoms with van der Waals surface area (Å²) in [5.41, 5.74) is 0.173. The molecule has 2 rings (SSSR count). The first kappa shape index (κ1) is 15.1. The van der Waals surface area contributed by atoms with Crippen LogP contribution < -0.4 is 5.32 Å². The molecule has 19 heavy (non-hydrogen) atoms. The fourth-order valence-electron chi connectivity index (χ4n) is 1.65. The van der Waals surface area contributed by atoms with Crippen molar-refractivity contribution >= 4 is 53.2 Å². The Balaban J connectivity index is 2.36. The fraction of sp³-hybridized carbons (Fsp3) is 0.364. The zero-order valence-electron chi connectivity index (χ0n) is 9.78. The molecular weight excluding hydrogens is 377 g/mol. The molecule has 0 aromatic heterocycles. The smallest absolute Gasteiger partial charge is 0.262 e. The van der Waals surface area contributed by atoms with E-state index in [0.29, 0.717) is 5.92 Å². The molecule has 0 radical (unpaired) electrons. The zero-order chi connectivity index (χ0) is 14.4. The Morgan fingerprint density at radius 1 is 1.47 bits per heavy atom. The number of halogens is 3. The zero-order valence-corrected chi connectivity index (χ0v) is 13.7. The van der Waals surface area contributed by atoms with E-state index in [1.807, 2.05) is 6.92 Å². The molecule has 2 unspecified atom stereocenters. The summed E-state index contributed by atoms with van der Waals surface area (Å²) in [5.74, 6) is 0.0939. The highest BCUT2D eigenvalue weighted by molar-refractivity contribution is 9.10. The van der Waals surface area contributed by atoms with Gasteiger partial charge in [-0.1, -0.05) is 18.5 Å². The van der Waals surface area contributed by atoms with Crippen LogP contribution in [-0.4, -0.2) is 20.4 Å². The maximum atomic E-state index is 12.0. The topological polar surface area (TPSA) is 63.2 Å². The number of carbonyl (C=O) groups excluding carboxylic acids is 1. The van der Waals surface area contributed by atoms with Crippen molar-refractivity contribution < 1.29 is 13.2 Å². The molecule has 1 N–H and O–H groups in total. The number of nitrogens with one attached hydrogen (secondary N) is 1. The van der Waals surface area contributed by atoms with Gasteiger partial charge in [-0.25, -0.2) is 8.42 Å². The fourth-order valence-corrected chi connectivity index (χ4v) is 4.03. The number of carbonyl (C=O) groups is 1. The van der Waals surface area contributed by atoms with Crippen molar-refractivity contribution in [2.45, 2.75) is 24.3 Å². The summed E-state index contributed by atoms with van der Waals surface area (Å²) in [6, 6.07) is 2.76. The minimum absolute atomic E-state index is 0.121. The second kappa shape index (κ2) is 5.24. The Labute approximate surface area is 129 Å². The van der Waals surface area contributed by atoms with E-state index in [4.69, 9.17) is 22.3 Å². The second-order valence-corrected chi connectivity index (χ2v) is 8.24. The van der Waals surface area contributed by atoms with Crippen LogP contribution in [0, 0.1) is 5.92 Å². The number of hydrogen-bond acceptors (Lipinski definition) is 3. The lowest BCUT2D eigenvalue weighted by Gasteiger charge is -2.08. The summed E-state index contributed by atoms with van der Waals surface area (Å²) in [5, 5.41) is 2.92. The van der Waals surface area contributed by atoms with Gasteiger partial charge in [0, 0.05) is 22.3 Å². The van der Waals surface area contributed by atoms with Crippen molar-refractivity contribution in [3.8, 4) is 0 Å². The molecular formula is C11H10BrCl2NO3S. The van der Waals surface area contributed by atoms with Crippen molar-refractivity contribution in [1.82, 2.24) is 5.32 Å². The van der Waals surface area contributed by atoms with Gasteiger partial charge in [0.05, 0.1) is 14.4 Å². The molecule has 0 heterocycles. The Bertz CT molecular complexity index is 648. The van der Waals surface area contributed by atoms with E-state index in [1.165, 1.54) is 12.1 Å². The van der Waals surface area contributed by atoms with Crippen molar-refractivity contribution in [2.24, 2.45) is 5.92 Å². The summed E-state index contributed by atoms with van der Waals surface area (Å²) in [4.78, 5) is 11.7. The van der Waals surface area contributed by atoms with E-state index in [2.05, 4.69) is 21.2 Å². The van der Waals surface area contributed by atoms with E-state index in [-0.39, 0.29) is 31.9 Å². The lowest BCUT2D eigenvalue weighted by atomic mass is 10.2. The summed E-state index contributed by atoms with van der Waals surface area (Å²) < 4.78 is 23.0. The van der Waals surface area contributed by atoms with Crippen molar-refractivity contribution in [1.29, 1.82) is 0 Å². The first-order valence-electron chi connectivity index (χ1n) is 5.44. The van der Waals surface area contributed by atoms with E-state index >= 15 is 0 Å². The molecule has 0 bridgehead atoms. The lowest BCUT2D eigenvalue weighted by Crippen LogP contribution is -2.26. The number of hydrogen-bond donors (Lipinski definition) is 1. The number of amides is 1. The monoisotopic (exact) mass is 385 g/mol. The van der Waals surface area contributed by atoms with E-state index in [0.717, 1.165) is 6.42 Å². The molecule has 0 aliphatic heterocycles. The van der Waals surface area contributed by atoms with Crippen LogP contribution in [0.4, 0.5) is 0 Å². The molecule has 104 valence electrons. The van der Waals surface area contributed by atoms with Gasteiger partial charge in [-0.15, -0.1) is 0 Å². The molecule has 1 fully saturated rings. The van der Waals surface area contributed by atoms with E-state index in [9.17, 15) is 13.2 Å². The third-order valence-corrected chi connectivity index (χ3v) is 5.93. The molecule has 1 amide bonds. The standard InChI is InChI=1S/C11H10BrCl2NO3S/c1-5-2-8(5)15-11(16)6-3-7(13)10(12)9(4-6)19(14,17)18/h3-5,8H,2H2,1H3,(H,15,16). The summed E-state index contributed by atoms with van der Waals surface area (Å²) in [6.45, 7) is 2.02. The van der Waals surface area contributed by atoms with Crippen molar-refractivity contribution in [3.63, 3.8) is 0 Å². The normalized spacial score (nSPS) is 22.1. The minimum Gasteiger partial charge on any atom is -0.349 e. The summed E-state index contributed by atoms with van der Waals surface area (Å²) in [6.07, 6.45) is 0.927. The Hall–Kier alpha value is -0.300. The van der Waals surface area contributed by atoms with Crippen LogP contribution in [-0.2, 0) is 9.05 Å². The predicted molar refractivity (Wildman–Crippen MR) is 77.2 cm³/mol. The first-order valence-corrected chi connectivity index (χ1v) is 8.92. The molecule has 1 aliphatic rings. The van der Waals surface area contributed by atoms with Crippen LogP contribution in [0.15, 0.2) is 21.5 Å². The highest BCUT2D eigenvalue weighted by Crippen LogP contribution is 2.34. The minimum atomic E-state index is -3.97. The third kappa shape index (κ3) is 3.42. The van der Waals surface area contributed by atoms with Crippen LogP contribution in [0.5, 0.6) is 0 Å². The average Bonchev–Trinajstić information content (AvgIpc) is 2.96. The lowest BCUT2D eigenvalue weighted by molar-refractivity contribution is 0.0949. The molecule has 0 spiro atoms. The maximum absolute atomic E-state index is 12.0. The van der Waals surface area contributed by atoms with Crippen LogP contribution in [0.1, 0.15) is 23.7 Å². The highest BCUT2D eigenvalue weighted by Gasteiger charge is 2.34. The first-order chi connectivity index (χ1) is 8.70. The largest absolute Gasteiger partial charge is 0.349 e. The third-order valence-electron chi connectivity index (χ3n) is 2.95. The molecule has 1 aromatic carbocycles. The van der Waals surface area contributed by atoms with Gasteiger partial charge in [0.25, 0.3) is 15.0 Å². The molecule has 1 aliphatic carbocycles. The number of rotatable bonds is 3. The van der Waals surface area contributed by atoms with Gasteiger partial charge in [-0.2, -0.15) is 0 Å². The number of benzene rings is 1.